The number of anilines is 1. The van der Waals surface area contributed by atoms with Crippen molar-refractivity contribution < 1.29 is 18.3 Å². The number of nitrogens with one attached hydrogen (secondary N) is 1. The summed E-state index contributed by atoms with van der Waals surface area (Å²) in [5.41, 5.74) is 1.66. The fraction of sp³-hybridized carbons (Fsp3) is 0.333. The minimum Gasteiger partial charge on any atom is -0.497 e. The first-order valence-corrected chi connectivity index (χ1v) is 10.5. The molecule has 1 fully saturated rings. The van der Waals surface area contributed by atoms with Crippen LogP contribution in [0.3, 0.4) is 0 Å². The zero-order chi connectivity index (χ0) is 17.9. The highest BCUT2D eigenvalue weighted by atomic mass is 79.9. The standard InChI is InChI=1S/C18H21BrNO4P/c1-13-11-12-23-25(21,24-13)18(14-3-5-15(19)6-4-14)20-16-7-9-17(22-2)10-8-16/h3-10,13,18,20H,11-12H2,1-2H3/t13-,18+,25-/m1/s1. The van der Waals surface area contributed by atoms with Crippen LogP contribution in [0.15, 0.2) is 53.0 Å². The molecule has 1 heterocycles. The van der Waals surface area contributed by atoms with E-state index in [9.17, 15) is 4.57 Å². The van der Waals surface area contributed by atoms with Crippen LogP contribution in [0.25, 0.3) is 0 Å². The van der Waals surface area contributed by atoms with Gasteiger partial charge in [0.25, 0.3) is 0 Å². The molecule has 1 aliphatic heterocycles. The van der Waals surface area contributed by atoms with Gasteiger partial charge in [0, 0.05) is 10.2 Å². The molecule has 0 saturated carbocycles. The molecule has 0 bridgehead atoms. The fourth-order valence-electron chi connectivity index (χ4n) is 2.65. The molecule has 3 atom stereocenters. The minimum absolute atomic E-state index is 0.102. The molecule has 7 heteroatoms. The van der Waals surface area contributed by atoms with E-state index >= 15 is 0 Å². The van der Waals surface area contributed by atoms with Gasteiger partial charge in [-0.05, 0) is 55.3 Å². The number of rotatable bonds is 5. The molecule has 2 aromatic rings. The lowest BCUT2D eigenvalue weighted by atomic mass is 10.2. The van der Waals surface area contributed by atoms with Crippen LogP contribution in [0.2, 0.25) is 0 Å². The van der Waals surface area contributed by atoms with Crippen LogP contribution < -0.4 is 10.1 Å². The van der Waals surface area contributed by atoms with Crippen LogP contribution in [0, 0.1) is 0 Å². The Morgan fingerprint density at radius 2 is 1.88 bits per heavy atom. The van der Waals surface area contributed by atoms with Gasteiger partial charge in [0.1, 0.15) is 5.75 Å². The van der Waals surface area contributed by atoms with E-state index in [2.05, 4.69) is 21.2 Å². The second-order valence-corrected chi connectivity index (χ2v) is 8.89. The number of benzene rings is 2. The predicted octanol–water partition coefficient (Wildman–Crippen LogP) is 5.59. The van der Waals surface area contributed by atoms with Gasteiger partial charge in [0.05, 0.1) is 19.8 Å². The Balaban J connectivity index is 1.93. The summed E-state index contributed by atoms with van der Waals surface area (Å²) in [5.74, 6) is 0.174. The average Bonchev–Trinajstić information content (AvgIpc) is 2.61. The molecule has 3 rings (SSSR count). The van der Waals surface area contributed by atoms with Crippen molar-refractivity contribution in [3.8, 4) is 5.75 Å². The number of hydrogen-bond donors (Lipinski definition) is 1. The second kappa shape index (κ2) is 7.92. The van der Waals surface area contributed by atoms with E-state index in [4.69, 9.17) is 13.8 Å². The van der Waals surface area contributed by atoms with E-state index in [1.807, 2.05) is 55.5 Å². The predicted molar refractivity (Wildman–Crippen MR) is 102 cm³/mol. The SMILES string of the molecule is COc1ccc(N[C@H](c2ccc(Br)cc2)[P@@]2(=O)OCC[C@@H](C)O2)cc1. The van der Waals surface area contributed by atoms with Crippen LogP contribution in [0.5, 0.6) is 5.75 Å². The summed E-state index contributed by atoms with van der Waals surface area (Å²) in [4.78, 5) is 0. The maximum absolute atomic E-state index is 13.4. The molecule has 1 aliphatic rings. The zero-order valence-corrected chi connectivity index (χ0v) is 16.6. The molecular weight excluding hydrogens is 405 g/mol. The molecule has 2 aromatic carbocycles. The number of halogens is 1. The Hall–Kier alpha value is -1.33. The molecule has 0 aromatic heterocycles. The maximum atomic E-state index is 13.4. The van der Waals surface area contributed by atoms with Crippen molar-refractivity contribution in [2.75, 3.05) is 19.0 Å². The van der Waals surface area contributed by atoms with E-state index in [-0.39, 0.29) is 6.10 Å². The molecule has 5 nitrogen and oxygen atoms in total. The van der Waals surface area contributed by atoms with Crippen LogP contribution in [-0.4, -0.2) is 19.8 Å². The van der Waals surface area contributed by atoms with Gasteiger partial charge in [-0.2, -0.15) is 0 Å². The Morgan fingerprint density at radius 1 is 1.20 bits per heavy atom. The smallest absolute Gasteiger partial charge is 0.357 e. The Morgan fingerprint density at radius 3 is 2.48 bits per heavy atom. The van der Waals surface area contributed by atoms with Crippen LogP contribution in [-0.2, 0) is 13.6 Å². The van der Waals surface area contributed by atoms with Gasteiger partial charge in [-0.1, -0.05) is 28.1 Å². The highest BCUT2D eigenvalue weighted by Crippen LogP contribution is 2.63. The molecule has 0 unspecified atom stereocenters. The quantitative estimate of drug-likeness (QED) is 0.632. The highest BCUT2D eigenvalue weighted by Gasteiger charge is 2.41. The van der Waals surface area contributed by atoms with Crippen molar-refractivity contribution in [1.82, 2.24) is 0 Å². The fourth-order valence-corrected chi connectivity index (χ4v) is 5.06. The molecule has 0 aliphatic carbocycles. The lowest BCUT2D eigenvalue weighted by Gasteiger charge is -2.34. The first-order chi connectivity index (χ1) is 12.0. The molecule has 1 saturated heterocycles. The van der Waals surface area contributed by atoms with Crippen LogP contribution in [0.4, 0.5) is 5.69 Å². The second-order valence-electron chi connectivity index (χ2n) is 5.90. The summed E-state index contributed by atoms with van der Waals surface area (Å²) in [7, 11) is -1.74. The van der Waals surface area contributed by atoms with Gasteiger partial charge >= 0.3 is 7.60 Å². The zero-order valence-electron chi connectivity index (χ0n) is 14.1. The van der Waals surface area contributed by atoms with Gasteiger partial charge < -0.3 is 19.1 Å². The number of ether oxygens (including phenoxy) is 1. The number of hydrogen-bond acceptors (Lipinski definition) is 5. The normalized spacial score (nSPS) is 24.5. The maximum Gasteiger partial charge on any atom is 0.357 e. The molecular formula is C18H21BrNO4P. The third kappa shape index (κ3) is 4.45. The lowest BCUT2D eigenvalue weighted by molar-refractivity contribution is 0.0887. The first-order valence-electron chi connectivity index (χ1n) is 8.09. The Bertz CT molecular complexity index is 751. The summed E-state index contributed by atoms with van der Waals surface area (Å²) in [6, 6.07) is 15.1. The van der Waals surface area contributed by atoms with Gasteiger partial charge in [-0.3, -0.25) is 4.57 Å². The minimum atomic E-state index is -3.36. The van der Waals surface area contributed by atoms with Gasteiger partial charge in [-0.15, -0.1) is 0 Å². The van der Waals surface area contributed by atoms with Gasteiger partial charge in [-0.25, -0.2) is 0 Å². The molecule has 0 spiro atoms. The van der Waals surface area contributed by atoms with Crippen molar-refractivity contribution in [2.45, 2.75) is 25.2 Å². The number of methoxy groups -OCH3 is 1. The van der Waals surface area contributed by atoms with Crippen molar-refractivity contribution >= 4 is 29.2 Å². The first kappa shape index (κ1) is 18.5. The third-order valence-electron chi connectivity index (χ3n) is 4.02. The Labute approximate surface area is 156 Å². The Kier molecular flexibility index (Phi) is 5.85. The summed E-state index contributed by atoms with van der Waals surface area (Å²) < 4.78 is 31.0. The highest BCUT2D eigenvalue weighted by molar-refractivity contribution is 9.10. The summed E-state index contributed by atoms with van der Waals surface area (Å²) >= 11 is 3.43. The van der Waals surface area contributed by atoms with E-state index in [1.54, 1.807) is 7.11 Å². The van der Waals surface area contributed by atoms with Crippen molar-refractivity contribution in [2.24, 2.45) is 0 Å². The van der Waals surface area contributed by atoms with E-state index in [0.29, 0.717) is 6.61 Å². The topological polar surface area (TPSA) is 56.8 Å². The van der Waals surface area contributed by atoms with Crippen LogP contribution in [0.1, 0.15) is 24.7 Å². The molecule has 0 amide bonds. The van der Waals surface area contributed by atoms with Crippen molar-refractivity contribution in [1.29, 1.82) is 0 Å². The summed E-state index contributed by atoms with van der Waals surface area (Å²) in [6.45, 7) is 2.34. The largest absolute Gasteiger partial charge is 0.497 e. The van der Waals surface area contributed by atoms with Crippen molar-refractivity contribution in [3.05, 3.63) is 58.6 Å². The lowest BCUT2D eigenvalue weighted by Crippen LogP contribution is -2.23. The molecule has 0 radical (unpaired) electrons. The molecule has 25 heavy (non-hydrogen) atoms. The molecule has 134 valence electrons. The average molecular weight is 426 g/mol. The van der Waals surface area contributed by atoms with E-state index < -0.39 is 13.4 Å². The van der Waals surface area contributed by atoms with Gasteiger partial charge in [0.15, 0.2) is 5.78 Å². The molecule has 1 N–H and O–H groups in total. The van der Waals surface area contributed by atoms with E-state index in [0.717, 1.165) is 27.9 Å². The monoisotopic (exact) mass is 425 g/mol. The van der Waals surface area contributed by atoms with Crippen molar-refractivity contribution in [3.63, 3.8) is 0 Å². The summed E-state index contributed by atoms with van der Waals surface area (Å²) in [5, 5.41) is 3.31. The van der Waals surface area contributed by atoms with Crippen LogP contribution >= 0.6 is 23.5 Å². The van der Waals surface area contributed by atoms with E-state index in [1.165, 1.54) is 0 Å². The third-order valence-corrected chi connectivity index (χ3v) is 6.80. The summed E-state index contributed by atoms with van der Waals surface area (Å²) in [6.07, 6.45) is 0.634. The van der Waals surface area contributed by atoms with Gasteiger partial charge in [0.2, 0.25) is 0 Å².